The minimum absolute atomic E-state index is 0.258. The van der Waals surface area contributed by atoms with Crippen LogP contribution in [0.25, 0.3) is 0 Å². The maximum atomic E-state index is 12.4. The summed E-state index contributed by atoms with van der Waals surface area (Å²) in [6.45, 7) is 2.01. The van der Waals surface area contributed by atoms with Crippen molar-refractivity contribution in [1.29, 1.82) is 0 Å². The molecule has 0 radical (unpaired) electrons. The van der Waals surface area contributed by atoms with E-state index in [1.807, 2.05) is 48.5 Å². The molecule has 3 aromatic rings. The Kier molecular flexibility index (Phi) is 9.36. The summed E-state index contributed by atoms with van der Waals surface area (Å²) in [4.78, 5) is 33.8. The number of carbonyl (C=O) groups is 3. The second kappa shape index (κ2) is 12.9. The summed E-state index contributed by atoms with van der Waals surface area (Å²) >= 11 is 0. The molecule has 0 saturated heterocycles. The Morgan fingerprint density at radius 3 is 2.14 bits per heavy atom. The number of fused-ring (bicyclic) bond motifs is 1. The zero-order valence-electron chi connectivity index (χ0n) is 19.8. The van der Waals surface area contributed by atoms with E-state index in [2.05, 4.69) is 47.6 Å². The molecule has 1 aliphatic rings. The smallest absolute Gasteiger partial charge is 0.411 e. The van der Waals surface area contributed by atoms with Crippen molar-refractivity contribution in [3.63, 3.8) is 0 Å². The van der Waals surface area contributed by atoms with Gasteiger partial charge in [-0.3, -0.25) is 5.32 Å². The number of hydrogen-bond acceptors (Lipinski definition) is 5. The third-order valence-corrected chi connectivity index (χ3v) is 5.53. The van der Waals surface area contributed by atoms with Gasteiger partial charge in [0.25, 0.3) is 0 Å². The van der Waals surface area contributed by atoms with Crippen molar-refractivity contribution in [2.45, 2.75) is 19.1 Å². The minimum Gasteiger partial charge on any atom is -0.478 e. The quantitative estimate of drug-likeness (QED) is 0.430. The Bertz CT molecular complexity index is 1200. The molecule has 0 aliphatic carbocycles. The summed E-state index contributed by atoms with van der Waals surface area (Å²) in [5.41, 5.74) is 5.51. The molecule has 36 heavy (non-hydrogen) atoms. The molecule has 0 aromatic heterocycles. The topological polar surface area (TPSA) is 116 Å². The molecule has 3 aromatic carbocycles. The van der Waals surface area contributed by atoms with Gasteiger partial charge in [0, 0.05) is 36.8 Å². The van der Waals surface area contributed by atoms with E-state index >= 15 is 0 Å². The Hall–Kier alpha value is -4.43. The highest BCUT2D eigenvalue weighted by Crippen LogP contribution is 2.36. The lowest BCUT2D eigenvalue weighted by Gasteiger charge is -2.33. The largest absolute Gasteiger partial charge is 0.478 e. The van der Waals surface area contributed by atoms with E-state index < -0.39 is 18.0 Å². The Labute approximate surface area is 209 Å². The Balaban J connectivity index is 0.000000392. The van der Waals surface area contributed by atoms with Crippen LogP contribution in [0.3, 0.4) is 0 Å². The van der Waals surface area contributed by atoms with Crippen molar-refractivity contribution in [2.24, 2.45) is 0 Å². The van der Waals surface area contributed by atoms with Crippen LogP contribution in [0, 0.1) is 0 Å². The summed E-state index contributed by atoms with van der Waals surface area (Å²) in [5, 5.41) is 18.6. The molecular weight excluding hydrogens is 460 g/mol. The van der Waals surface area contributed by atoms with Crippen molar-refractivity contribution in [2.75, 3.05) is 18.9 Å². The molecule has 1 amide bonds. The van der Waals surface area contributed by atoms with Crippen molar-refractivity contribution in [3.8, 4) is 0 Å². The van der Waals surface area contributed by atoms with Crippen LogP contribution in [-0.2, 0) is 27.5 Å². The number of aliphatic carboxylic acids is 2. The summed E-state index contributed by atoms with van der Waals surface area (Å²) in [6.07, 6.45) is 0.687. The first-order valence-electron chi connectivity index (χ1n) is 11.3. The summed E-state index contributed by atoms with van der Waals surface area (Å²) in [7, 11) is 2.11. The summed E-state index contributed by atoms with van der Waals surface area (Å²) < 4.78 is 5.40. The van der Waals surface area contributed by atoms with Crippen LogP contribution in [0.1, 0.15) is 28.2 Å². The maximum Gasteiger partial charge on any atom is 0.411 e. The van der Waals surface area contributed by atoms with Crippen molar-refractivity contribution < 1.29 is 29.3 Å². The number of nitrogens with one attached hydrogen (secondary N) is 1. The molecule has 1 atom stereocenters. The standard InChI is InChI=1S/C24H24N2O2.C4H4O4/c1-26-15-21(19-11-6-3-7-12-19)20-13-8-14-23(22(20)16-26)25-24(27)28-17-18-9-4-2-5-10-18;5-3(6)1-2-4(7)8/h2-14,21H,15-17H2,1H3,(H,25,27);1-2H,(H,5,6)(H,7,8)/b;2-1-. The number of benzene rings is 3. The third kappa shape index (κ3) is 7.82. The van der Waals surface area contributed by atoms with Gasteiger partial charge in [0.05, 0.1) is 0 Å². The molecule has 0 spiro atoms. The highest BCUT2D eigenvalue weighted by atomic mass is 16.5. The van der Waals surface area contributed by atoms with Crippen molar-refractivity contribution >= 4 is 23.7 Å². The highest BCUT2D eigenvalue weighted by molar-refractivity contribution is 5.89. The highest BCUT2D eigenvalue weighted by Gasteiger charge is 2.26. The van der Waals surface area contributed by atoms with Crippen molar-refractivity contribution in [3.05, 3.63) is 113 Å². The van der Waals surface area contributed by atoms with Gasteiger partial charge in [-0.2, -0.15) is 0 Å². The van der Waals surface area contributed by atoms with Crippen molar-refractivity contribution in [1.82, 2.24) is 4.90 Å². The molecule has 3 N–H and O–H groups in total. The molecule has 8 nitrogen and oxygen atoms in total. The number of rotatable bonds is 6. The van der Waals surface area contributed by atoms with Gasteiger partial charge in [0.1, 0.15) is 6.61 Å². The van der Waals surface area contributed by atoms with Crippen LogP contribution in [0.2, 0.25) is 0 Å². The van der Waals surface area contributed by atoms with Gasteiger partial charge in [-0.05, 0) is 35.4 Å². The molecular formula is C28H28N2O6. The van der Waals surface area contributed by atoms with E-state index in [1.165, 1.54) is 11.1 Å². The summed E-state index contributed by atoms with van der Waals surface area (Å²) in [6, 6.07) is 26.3. The molecule has 0 bridgehead atoms. The van der Waals surface area contributed by atoms with Gasteiger partial charge >= 0.3 is 18.0 Å². The molecule has 0 saturated carbocycles. The fraction of sp³-hybridized carbons (Fsp3) is 0.179. The zero-order valence-corrected chi connectivity index (χ0v) is 19.8. The minimum atomic E-state index is -1.26. The first-order chi connectivity index (χ1) is 17.3. The van der Waals surface area contributed by atoms with Crippen LogP contribution in [-0.4, -0.2) is 46.7 Å². The number of carboxylic acid groups (broad SMARTS) is 2. The molecule has 0 fully saturated rings. The van der Waals surface area contributed by atoms with Crippen LogP contribution in [0.5, 0.6) is 0 Å². The van der Waals surface area contributed by atoms with E-state index in [4.69, 9.17) is 14.9 Å². The number of carbonyl (C=O) groups excluding carboxylic acids is 1. The zero-order chi connectivity index (χ0) is 25.9. The van der Waals surface area contributed by atoms with Gasteiger partial charge in [-0.25, -0.2) is 14.4 Å². The van der Waals surface area contributed by atoms with E-state index in [9.17, 15) is 14.4 Å². The number of likely N-dealkylation sites (N-methyl/N-ethyl adjacent to an activating group) is 1. The van der Waals surface area contributed by atoms with Crippen LogP contribution in [0.4, 0.5) is 10.5 Å². The molecule has 1 aliphatic heterocycles. The second-order valence-corrected chi connectivity index (χ2v) is 8.23. The molecule has 1 heterocycles. The third-order valence-electron chi connectivity index (χ3n) is 5.53. The number of amides is 1. The molecule has 4 rings (SSSR count). The Morgan fingerprint density at radius 1 is 0.917 bits per heavy atom. The van der Waals surface area contributed by atoms with Crippen LogP contribution < -0.4 is 5.32 Å². The SMILES string of the molecule is CN1Cc2c(NC(=O)OCc3ccccc3)cccc2C(c2ccccc2)C1.O=C(O)/C=C\C(=O)O. The molecule has 8 heteroatoms. The fourth-order valence-corrected chi connectivity index (χ4v) is 3.95. The van der Waals surface area contributed by atoms with Gasteiger partial charge in [0.15, 0.2) is 0 Å². The van der Waals surface area contributed by atoms with Crippen LogP contribution in [0.15, 0.2) is 91.0 Å². The maximum absolute atomic E-state index is 12.4. The van der Waals surface area contributed by atoms with Gasteiger partial charge in [-0.1, -0.05) is 72.8 Å². The van der Waals surface area contributed by atoms with E-state index in [0.29, 0.717) is 12.2 Å². The van der Waals surface area contributed by atoms with E-state index in [-0.39, 0.29) is 12.5 Å². The van der Waals surface area contributed by atoms with E-state index in [0.717, 1.165) is 29.9 Å². The molecule has 1 unspecified atom stereocenters. The monoisotopic (exact) mass is 488 g/mol. The number of ether oxygens (including phenoxy) is 1. The average molecular weight is 489 g/mol. The predicted octanol–water partition coefficient (Wildman–Crippen LogP) is 4.72. The normalized spacial score (nSPS) is 14.8. The van der Waals surface area contributed by atoms with Gasteiger partial charge in [0.2, 0.25) is 0 Å². The lowest BCUT2D eigenvalue weighted by molar-refractivity contribution is -0.134. The summed E-state index contributed by atoms with van der Waals surface area (Å²) in [5.74, 6) is -2.23. The lowest BCUT2D eigenvalue weighted by Crippen LogP contribution is -2.32. The number of hydrogen-bond donors (Lipinski definition) is 3. The molecule has 186 valence electrons. The first-order valence-corrected chi connectivity index (χ1v) is 11.3. The number of nitrogens with zero attached hydrogens (tertiary/aromatic N) is 1. The first kappa shape index (κ1) is 26.2. The lowest BCUT2D eigenvalue weighted by atomic mass is 9.84. The fourth-order valence-electron chi connectivity index (χ4n) is 3.95. The van der Waals surface area contributed by atoms with Crippen LogP contribution >= 0.6 is 0 Å². The van der Waals surface area contributed by atoms with Gasteiger partial charge in [-0.15, -0.1) is 0 Å². The second-order valence-electron chi connectivity index (χ2n) is 8.23. The van der Waals surface area contributed by atoms with E-state index in [1.54, 1.807) is 0 Å². The average Bonchev–Trinajstić information content (AvgIpc) is 2.88. The Morgan fingerprint density at radius 2 is 1.53 bits per heavy atom. The van der Waals surface area contributed by atoms with Gasteiger partial charge < -0.3 is 19.8 Å². The number of anilines is 1. The number of carboxylic acids is 2. The predicted molar refractivity (Wildman–Crippen MR) is 136 cm³/mol.